The summed E-state index contributed by atoms with van der Waals surface area (Å²) in [6, 6.07) is 12.8. The highest BCUT2D eigenvalue weighted by Crippen LogP contribution is 2.37. The van der Waals surface area contributed by atoms with E-state index in [1.165, 1.54) is 0 Å². The number of fused-ring (bicyclic) bond motifs is 1. The van der Waals surface area contributed by atoms with Gasteiger partial charge < -0.3 is 14.7 Å². The zero-order chi connectivity index (χ0) is 18.8. The summed E-state index contributed by atoms with van der Waals surface area (Å²) in [7, 11) is 0. The van der Waals surface area contributed by atoms with Gasteiger partial charge in [-0.25, -0.2) is 4.98 Å². The van der Waals surface area contributed by atoms with Crippen LogP contribution in [0, 0.1) is 11.3 Å². The molecule has 0 aliphatic carbocycles. The minimum absolute atomic E-state index is 0.0777. The van der Waals surface area contributed by atoms with Crippen molar-refractivity contribution in [3.63, 3.8) is 0 Å². The lowest BCUT2D eigenvalue weighted by atomic mass is 10.0. The molecule has 7 heteroatoms. The lowest BCUT2D eigenvalue weighted by Crippen LogP contribution is -2.26. The van der Waals surface area contributed by atoms with Crippen molar-refractivity contribution in [2.24, 2.45) is 0 Å². The molecule has 0 amide bonds. The van der Waals surface area contributed by atoms with Crippen LogP contribution >= 0.6 is 11.6 Å². The van der Waals surface area contributed by atoms with Gasteiger partial charge in [-0.3, -0.25) is 4.98 Å². The maximum absolute atomic E-state index is 10.5. The van der Waals surface area contributed by atoms with E-state index in [1.54, 1.807) is 36.7 Å². The smallest absolute Gasteiger partial charge is 0.166 e. The number of phenolic OH excluding ortho intramolecular Hbond substituents is 1. The van der Waals surface area contributed by atoms with Crippen LogP contribution in [0.4, 0.5) is 5.82 Å². The molecule has 0 bridgehead atoms. The van der Waals surface area contributed by atoms with Crippen molar-refractivity contribution < 1.29 is 9.84 Å². The molecule has 1 aliphatic heterocycles. The second kappa shape index (κ2) is 7.14. The van der Waals surface area contributed by atoms with Gasteiger partial charge >= 0.3 is 0 Å². The summed E-state index contributed by atoms with van der Waals surface area (Å²) >= 11 is 5.91. The van der Waals surface area contributed by atoms with Crippen LogP contribution in [-0.4, -0.2) is 28.2 Å². The first kappa shape index (κ1) is 17.1. The Kier molecular flexibility index (Phi) is 4.53. The van der Waals surface area contributed by atoms with E-state index in [4.69, 9.17) is 21.6 Å². The summed E-state index contributed by atoms with van der Waals surface area (Å²) in [5, 5.41) is 19.9. The normalized spacial score (nSPS) is 13.3. The predicted octanol–water partition coefficient (Wildman–Crippen LogP) is 3.77. The molecule has 0 spiro atoms. The van der Waals surface area contributed by atoms with Crippen LogP contribution < -0.4 is 9.64 Å². The van der Waals surface area contributed by atoms with Gasteiger partial charge in [-0.1, -0.05) is 11.6 Å². The molecule has 1 aliphatic rings. The molecule has 0 atom stereocenters. The van der Waals surface area contributed by atoms with E-state index in [0.717, 1.165) is 16.9 Å². The summed E-state index contributed by atoms with van der Waals surface area (Å²) in [5.41, 5.74) is 2.84. The third-order valence-electron chi connectivity index (χ3n) is 4.34. The van der Waals surface area contributed by atoms with Crippen molar-refractivity contribution in [3.8, 4) is 28.8 Å². The van der Waals surface area contributed by atoms with Crippen LogP contribution in [-0.2, 0) is 6.54 Å². The van der Waals surface area contributed by atoms with Gasteiger partial charge in [0.2, 0.25) is 0 Å². The Bertz CT molecular complexity index is 1010. The number of ether oxygens (including phenoxy) is 1. The molecule has 0 unspecified atom stereocenters. The molecule has 27 heavy (non-hydrogen) atoms. The van der Waals surface area contributed by atoms with Crippen molar-refractivity contribution in [2.45, 2.75) is 6.54 Å². The fraction of sp³-hybridized carbons (Fsp3) is 0.150. The van der Waals surface area contributed by atoms with Gasteiger partial charge in [0.25, 0.3) is 0 Å². The SMILES string of the molecule is N#Cc1ccc(N2CCOc3c(O)cc(-c4ccc(Cl)cn4)cc3C2)nc1. The minimum atomic E-state index is 0.0777. The van der Waals surface area contributed by atoms with E-state index in [2.05, 4.69) is 16.0 Å². The molecule has 6 nitrogen and oxygen atoms in total. The first-order valence-electron chi connectivity index (χ1n) is 8.36. The van der Waals surface area contributed by atoms with Crippen LogP contribution in [0.5, 0.6) is 11.5 Å². The molecule has 0 saturated heterocycles. The maximum Gasteiger partial charge on any atom is 0.166 e. The molecular weight excluding hydrogens is 364 g/mol. The standard InChI is InChI=1S/C20H15ClN4O2/c21-16-2-3-17(23-11-16)14-7-15-12-25(5-6-27-20(15)18(26)8-14)19-4-1-13(9-22)10-24-19/h1-4,7-8,10-11,26H,5-6,12H2. The van der Waals surface area contributed by atoms with Crippen LogP contribution in [0.2, 0.25) is 5.02 Å². The predicted molar refractivity (Wildman–Crippen MR) is 102 cm³/mol. The van der Waals surface area contributed by atoms with Crippen molar-refractivity contribution in [1.29, 1.82) is 5.26 Å². The van der Waals surface area contributed by atoms with Gasteiger partial charge in [-0.15, -0.1) is 0 Å². The molecule has 1 N–H and O–H groups in total. The van der Waals surface area contributed by atoms with Gasteiger partial charge in [0.05, 0.1) is 22.8 Å². The average molecular weight is 379 g/mol. The van der Waals surface area contributed by atoms with Crippen molar-refractivity contribution in [1.82, 2.24) is 9.97 Å². The van der Waals surface area contributed by atoms with E-state index in [1.807, 2.05) is 17.0 Å². The Morgan fingerprint density at radius 2 is 2.04 bits per heavy atom. The quantitative estimate of drug-likeness (QED) is 0.730. The molecule has 0 saturated carbocycles. The van der Waals surface area contributed by atoms with Crippen LogP contribution in [0.15, 0.2) is 48.8 Å². The molecular formula is C20H15ClN4O2. The van der Waals surface area contributed by atoms with Gasteiger partial charge in [0.15, 0.2) is 11.5 Å². The van der Waals surface area contributed by atoms with Crippen LogP contribution in [0.25, 0.3) is 11.3 Å². The monoisotopic (exact) mass is 378 g/mol. The fourth-order valence-corrected chi connectivity index (χ4v) is 3.14. The minimum Gasteiger partial charge on any atom is -0.504 e. The lowest BCUT2D eigenvalue weighted by molar-refractivity contribution is 0.311. The Balaban J connectivity index is 1.70. The summed E-state index contributed by atoms with van der Waals surface area (Å²) in [5.74, 6) is 1.30. The number of benzene rings is 1. The topological polar surface area (TPSA) is 82.3 Å². The zero-order valence-electron chi connectivity index (χ0n) is 14.3. The number of nitriles is 1. The van der Waals surface area contributed by atoms with E-state index in [9.17, 15) is 5.11 Å². The number of phenols is 1. The Hall–Kier alpha value is -3.30. The Morgan fingerprint density at radius 1 is 1.15 bits per heavy atom. The first-order chi connectivity index (χ1) is 13.1. The fourth-order valence-electron chi connectivity index (χ4n) is 3.03. The molecule has 1 aromatic carbocycles. The summed E-state index contributed by atoms with van der Waals surface area (Å²) in [6.07, 6.45) is 3.12. The highest BCUT2D eigenvalue weighted by atomic mass is 35.5. The van der Waals surface area contributed by atoms with E-state index >= 15 is 0 Å². The molecule has 3 aromatic rings. The maximum atomic E-state index is 10.5. The number of nitrogens with zero attached hydrogens (tertiary/aromatic N) is 4. The largest absolute Gasteiger partial charge is 0.504 e. The molecule has 134 valence electrons. The third kappa shape index (κ3) is 3.50. The molecule has 4 rings (SSSR count). The Labute approximate surface area is 161 Å². The van der Waals surface area contributed by atoms with E-state index in [-0.39, 0.29) is 5.75 Å². The van der Waals surface area contributed by atoms with Gasteiger partial charge in [-0.05, 0) is 36.4 Å². The number of anilines is 1. The molecule has 2 aromatic heterocycles. The van der Waals surface area contributed by atoms with Crippen LogP contribution in [0.1, 0.15) is 11.1 Å². The van der Waals surface area contributed by atoms with Crippen LogP contribution in [0.3, 0.4) is 0 Å². The number of aromatic hydroxyl groups is 1. The summed E-state index contributed by atoms with van der Waals surface area (Å²) in [4.78, 5) is 10.7. The van der Waals surface area contributed by atoms with E-state index in [0.29, 0.717) is 41.7 Å². The van der Waals surface area contributed by atoms with Crippen molar-refractivity contribution >= 4 is 17.4 Å². The highest BCUT2D eigenvalue weighted by molar-refractivity contribution is 6.30. The molecule has 0 radical (unpaired) electrons. The first-order valence-corrected chi connectivity index (χ1v) is 8.73. The number of aromatic nitrogens is 2. The third-order valence-corrected chi connectivity index (χ3v) is 4.56. The second-order valence-electron chi connectivity index (χ2n) is 6.13. The Morgan fingerprint density at radius 3 is 2.74 bits per heavy atom. The number of pyridine rings is 2. The number of rotatable bonds is 2. The van der Waals surface area contributed by atoms with E-state index < -0.39 is 0 Å². The summed E-state index contributed by atoms with van der Waals surface area (Å²) < 4.78 is 5.77. The number of hydrogen-bond acceptors (Lipinski definition) is 6. The molecule has 3 heterocycles. The second-order valence-corrected chi connectivity index (χ2v) is 6.57. The highest BCUT2D eigenvalue weighted by Gasteiger charge is 2.21. The van der Waals surface area contributed by atoms with Crippen molar-refractivity contribution in [3.05, 3.63) is 64.9 Å². The molecule has 0 fully saturated rings. The number of hydrogen-bond donors (Lipinski definition) is 1. The van der Waals surface area contributed by atoms with Gasteiger partial charge in [-0.2, -0.15) is 5.26 Å². The van der Waals surface area contributed by atoms with Gasteiger partial charge in [0.1, 0.15) is 18.5 Å². The van der Waals surface area contributed by atoms with Crippen molar-refractivity contribution in [2.75, 3.05) is 18.1 Å². The lowest BCUT2D eigenvalue weighted by Gasteiger charge is -2.21. The van der Waals surface area contributed by atoms with Gasteiger partial charge in [0, 0.05) is 30.1 Å². The number of halogens is 1. The zero-order valence-corrected chi connectivity index (χ0v) is 15.0. The average Bonchev–Trinajstić information content (AvgIpc) is 2.91. The summed E-state index contributed by atoms with van der Waals surface area (Å²) in [6.45, 7) is 1.55.